The monoisotopic (exact) mass is 398 g/mol. The maximum absolute atomic E-state index is 12.9. The highest BCUT2D eigenvalue weighted by Crippen LogP contribution is 2.31. The highest BCUT2D eigenvalue weighted by molar-refractivity contribution is 6.31. The lowest BCUT2D eigenvalue weighted by Gasteiger charge is -2.22. The summed E-state index contributed by atoms with van der Waals surface area (Å²) in [5.74, 6) is -0.834. The van der Waals surface area contributed by atoms with E-state index in [-0.39, 0.29) is 24.6 Å². The minimum Gasteiger partial charge on any atom is -0.326 e. The first kappa shape index (κ1) is 20.8. The van der Waals surface area contributed by atoms with Gasteiger partial charge in [-0.15, -0.1) is 0 Å². The summed E-state index contributed by atoms with van der Waals surface area (Å²) in [7, 11) is 0. The molecule has 0 heterocycles. The van der Waals surface area contributed by atoms with E-state index in [1.165, 1.54) is 19.1 Å². The number of halogens is 4. The summed E-state index contributed by atoms with van der Waals surface area (Å²) >= 11 is 5.90. The van der Waals surface area contributed by atoms with Crippen molar-refractivity contribution in [2.45, 2.75) is 26.4 Å². The van der Waals surface area contributed by atoms with Crippen LogP contribution in [0.25, 0.3) is 0 Å². The van der Waals surface area contributed by atoms with E-state index < -0.39 is 17.6 Å². The normalized spacial score (nSPS) is 11.2. The molecule has 0 bridgehead atoms. The van der Waals surface area contributed by atoms with Gasteiger partial charge < -0.3 is 10.2 Å². The molecule has 0 unspecified atom stereocenters. The number of nitrogens with zero attached hydrogens (tertiary/aromatic N) is 1. The van der Waals surface area contributed by atoms with Crippen molar-refractivity contribution in [3.05, 3.63) is 58.6 Å². The molecule has 27 heavy (non-hydrogen) atoms. The van der Waals surface area contributed by atoms with Crippen molar-refractivity contribution < 1.29 is 22.8 Å². The number of amides is 2. The van der Waals surface area contributed by atoms with Gasteiger partial charge in [-0.25, -0.2) is 0 Å². The predicted octanol–water partition coefficient (Wildman–Crippen LogP) is 5.05. The van der Waals surface area contributed by atoms with Crippen molar-refractivity contribution >= 4 is 34.8 Å². The summed E-state index contributed by atoms with van der Waals surface area (Å²) in [6, 6.07) is 9.49. The zero-order valence-corrected chi connectivity index (χ0v) is 15.5. The largest absolute Gasteiger partial charge is 0.416 e. The van der Waals surface area contributed by atoms with Gasteiger partial charge in [0.1, 0.15) is 0 Å². The number of carbonyl (C=O) groups excluding carboxylic acids is 2. The molecule has 0 radical (unpaired) electrons. The molecule has 0 aromatic heterocycles. The number of anilines is 2. The standard InChI is InChI=1S/C19H18ClF3N2O2/c1-12-6-7-15(20)11-17(12)24-18(27)8-9-25(13(2)26)16-5-3-4-14(10-16)19(21,22)23/h3-7,10-11H,8-9H2,1-2H3,(H,24,27). The Balaban J connectivity index is 2.10. The number of hydrogen-bond acceptors (Lipinski definition) is 2. The Hall–Kier alpha value is -2.54. The summed E-state index contributed by atoms with van der Waals surface area (Å²) in [6.07, 6.45) is -4.60. The van der Waals surface area contributed by atoms with Gasteiger partial charge in [-0.3, -0.25) is 9.59 Å². The second kappa shape index (κ2) is 8.43. The van der Waals surface area contributed by atoms with Gasteiger partial charge in [-0.05, 0) is 42.8 Å². The summed E-state index contributed by atoms with van der Waals surface area (Å²) in [5.41, 5.74) is 0.587. The molecule has 0 saturated heterocycles. The van der Waals surface area contributed by atoms with Gasteiger partial charge in [0.15, 0.2) is 0 Å². The molecule has 0 aliphatic heterocycles. The van der Waals surface area contributed by atoms with Crippen LogP contribution in [0.15, 0.2) is 42.5 Å². The minimum absolute atomic E-state index is 0.0535. The van der Waals surface area contributed by atoms with Crippen molar-refractivity contribution in [2.75, 3.05) is 16.8 Å². The second-order valence-corrected chi connectivity index (χ2v) is 6.41. The Bertz CT molecular complexity index is 853. The number of rotatable bonds is 5. The lowest BCUT2D eigenvalue weighted by molar-refractivity contribution is -0.137. The van der Waals surface area contributed by atoms with E-state index in [4.69, 9.17) is 11.6 Å². The average molecular weight is 399 g/mol. The number of benzene rings is 2. The van der Waals surface area contributed by atoms with Gasteiger partial charge in [0.2, 0.25) is 11.8 Å². The topological polar surface area (TPSA) is 49.4 Å². The quantitative estimate of drug-likeness (QED) is 0.766. The van der Waals surface area contributed by atoms with Crippen LogP contribution in [-0.4, -0.2) is 18.4 Å². The van der Waals surface area contributed by atoms with Gasteiger partial charge >= 0.3 is 6.18 Å². The van der Waals surface area contributed by atoms with E-state index in [0.29, 0.717) is 10.7 Å². The molecule has 2 rings (SSSR count). The molecule has 2 amide bonds. The highest BCUT2D eigenvalue weighted by Gasteiger charge is 2.31. The Kier molecular flexibility index (Phi) is 6.49. The molecule has 4 nitrogen and oxygen atoms in total. The van der Waals surface area contributed by atoms with Crippen LogP contribution in [0, 0.1) is 6.92 Å². The van der Waals surface area contributed by atoms with Crippen LogP contribution in [-0.2, 0) is 15.8 Å². The predicted molar refractivity (Wildman–Crippen MR) is 98.9 cm³/mol. The minimum atomic E-state index is -4.51. The fraction of sp³-hybridized carbons (Fsp3) is 0.263. The molecule has 0 atom stereocenters. The lowest BCUT2D eigenvalue weighted by Crippen LogP contribution is -2.32. The first-order chi connectivity index (χ1) is 12.6. The first-order valence-electron chi connectivity index (χ1n) is 8.09. The van der Waals surface area contributed by atoms with Crippen molar-refractivity contribution in [1.29, 1.82) is 0 Å². The molecule has 0 saturated carbocycles. The summed E-state index contributed by atoms with van der Waals surface area (Å²) in [5, 5.41) is 3.15. The maximum Gasteiger partial charge on any atom is 0.416 e. The van der Waals surface area contributed by atoms with Crippen LogP contribution in [0.1, 0.15) is 24.5 Å². The van der Waals surface area contributed by atoms with Crippen LogP contribution in [0.4, 0.5) is 24.5 Å². The fourth-order valence-corrected chi connectivity index (χ4v) is 2.65. The first-order valence-corrected chi connectivity index (χ1v) is 8.47. The highest BCUT2D eigenvalue weighted by atomic mass is 35.5. The fourth-order valence-electron chi connectivity index (χ4n) is 2.47. The maximum atomic E-state index is 12.9. The van der Waals surface area contributed by atoms with Crippen LogP contribution in [0.5, 0.6) is 0 Å². The van der Waals surface area contributed by atoms with Gasteiger partial charge in [0.05, 0.1) is 5.56 Å². The van der Waals surface area contributed by atoms with Crippen molar-refractivity contribution in [1.82, 2.24) is 0 Å². The van der Waals surface area contributed by atoms with Gasteiger partial charge in [-0.1, -0.05) is 23.7 Å². The summed E-state index contributed by atoms with van der Waals surface area (Å²) in [4.78, 5) is 25.2. The van der Waals surface area contributed by atoms with E-state index in [9.17, 15) is 22.8 Å². The smallest absolute Gasteiger partial charge is 0.326 e. The SMILES string of the molecule is CC(=O)N(CCC(=O)Nc1cc(Cl)ccc1C)c1cccc(C(F)(F)F)c1. The van der Waals surface area contributed by atoms with E-state index in [2.05, 4.69) is 5.32 Å². The molecule has 1 N–H and O–H groups in total. The van der Waals surface area contributed by atoms with E-state index >= 15 is 0 Å². The Morgan fingerprint density at radius 3 is 2.48 bits per heavy atom. The van der Waals surface area contributed by atoms with Crippen molar-refractivity contribution in [3.8, 4) is 0 Å². The average Bonchev–Trinajstić information content (AvgIpc) is 2.57. The zero-order valence-electron chi connectivity index (χ0n) is 14.7. The third-order valence-electron chi connectivity index (χ3n) is 3.90. The second-order valence-electron chi connectivity index (χ2n) is 5.98. The van der Waals surface area contributed by atoms with Crippen molar-refractivity contribution in [3.63, 3.8) is 0 Å². The zero-order chi connectivity index (χ0) is 20.2. The molecular weight excluding hydrogens is 381 g/mol. The molecule has 0 aliphatic carbocycles. The number of alkyl halides is 3. The molecule has 2 aromatic carbocycles. The van der Waals surface area contributed by atoms with Gasteiger partial charge in [-0.2, -0.15) is 13.2 Å². The molecule has 8 heteroatoms. The molecular formula is C19H18ClF3N2O2. The van der Waals surface area contributed by atoms with Gasteiger partial charge in [0, 0.05) is 36.3 Å². The molecule has 144 valence electrons. The number of hydrogen-bond donors (Lipinski definition) is 1. The Labute approximate surface area is 159 Å². The van der Waals surface area contributed by atoms with E-state index in [1.807, 2.05) is 0 Å². The molecule has 0 spiro atoms. The third kappa shape index (κ3) is 5.72. The third-order valence-corrected chi connectivity index (χ3v) is 4.14. The summed E-state index contributed by atoms with van der Waals surface area (Å²) in [6.45, 7) is 2.98. The van der Waals surface area contributed by atoms with E-state index in [1.54, 1.807) is 25.1 Å². The van der Waals surface area contributed by atoms with Crippen LogP contribution in [0.3, 0.4) is 0 Å². The lowest BCUT2D eigenvalue weighted by atomic mass is 10.1. The number of aryl methyl sites for hydroxylation is 1. The van der Waals surface area contributed by atoms with Crippen LogP contribution >= 0.6 is 11.6 Å². The van der Waals surface area contributed by atoms with Crippen LogP contribution in [0.2, 0.25) is 5.02 Å². The Morgan fingerprint density at radius 1 is 1.15 bits per heavy atom. The van der Waals surface area contributed by atoms with Crippen LogP contribution < -0.4 is 10.2 Å². The molecule has 0 aliphatic rings. The van der Waals surface area contributed by atoms with Crippen molar-refractivity contribution in [2.24, 2.45) is 0 Å². The van der Waals surface area contributed by atoms with Gasteiger partial charge in [0.25, 0.3) is 0 Å². The molecule has 0 fully saturated rings. The summed E-state index contributed by atoms with van der Waals surface area (Å²) < 4.78 is 38.6. The molecule has 2 aromatic rings. The number of carbonyl (C=O) groups is 2. The van der Waals surface area contributed by atoms with E-state index in [0.717, 1.165) is 22.6 Å². The number of nitrogens with one attached hydrogen (secondary N) is 1. The Morgan fingerprint density at radius 2 is 1.85 bits per heavy atom.